The quantitative estimate of drug-likeness (QED) is 0.596. The largest absolute Gasteiger partial charge is 0.505 e. The monoisotopic (exact) mass is 341 g/mol. The van der Waals surface area contributed by atoms with E-state index in [0.717, 1.165) is 5.56 Å². The lowest BCUT2D eigenvalue weighted by Crippen LogP contribution is -2.05. The average Bonchev–Trinajstić information content (AvgIpc) is 3.24. The molecule has 1 aromatic carbocycles. The molecule has 0 radical (unpaired) electrons. The summed E-state index contributed by atoms with van der Waals surface area (Å²) >= 11 is 1.58. The van der Waals surface area contributed by atoms with Gasteiger partial charge in [-0.25, -0.2) is 4.39 Å². The van der Waals surface area contributed by atoms with Crippen LogP contribution in [-0.2, 0) is 6.54 Å². The van der Waals surface area contributed by atoms with Gasteiger partial charge in [0.05, 0.1) is 0 Å². The van der Waals surface area contributed by atoms with Gasteiger partial charge in [-0.05, 0) is 41.3 Å². The second-order valence-electron chi connectivity index (χ2n) is 5.16. The van der Waals surface area contributed by atoms with Gasteiger partial charge in [-0.15, -0.1) is 15.3 Å². The minimum atomic E-state index is -0.642. The van der Waals surface area contributed by atoms with E-state index in [-0.39, 0.29) is 5.75 Å². The number of nitrogens with zero attached hydrogens (tertiary/aromatic N) is 4. The highest BCUT2D eigenvalue weighted by atomic mass is 32.1. The normalized spacial score (nSPS) is 11.0. The van der Waals surface area contributed by atoms with E-state index in [1.807, 2.05) is 22.9 Å². The van der Waals surface area contributed by atoms with Gasteiger partial charge in [-0.2, -0.15) is 15.9 Å². The Morgan fingerprint density at radius 2 is 2.08 bits per heavy atom. The molecule has 24 heavy (non-hydrogen) atoms. The number of thiophene rings is 1. The third-order valence-corrected chi connectivity index (χ3v) is 4.21. The number of rotatable bonds is 4. The molecule has 0 aliphatic carbocycles. The second kappa shape index (κ2) is 5.89. The Morgan fingerprint density at radius 3 is 2.88 bits per heavy atom. The molecule has 3 heterocycles. The number of phenolic OH excluding ortho intramolecular Hbond substituents is 1. The molecule has 0 saturated carbocycles. The number of benzene rings is 1. The van der Waals surface area contributed by atoms with Crippen molar-refractivity contribution in [3.8, 4) is 17.1 Å². The van der Waals surface area contributed by atoms with Crippen LogP contribution in [0.3, 0.4) is 0 Å². The highest BCUT2D eigenvalue weighted by Gasteiger charge is 2.10. The maximum absolute atomic E-state index is 13.4. The number of aromatic hydroxyl groups is 1. The molecular formula is C16H12FN5OS. The van der Waals surface area contributed by atoms with Crippen molar-refractivity contribution in [2.24, 2.45) is 0 Å². The van der Waals surface area contributed by atoms with E-state index in [0.29, 0.717) is 29.4 Å². The van der Waals surface area contributed by atoms with Gasteiger partial charge in [-0.1, -0.05) is 6.07 Å². The van der Waals surface area contributed by atoms with Crippen molar-refractivity contribution in [3.63, 3.8) is 0 Å². The van der Waals surface area contributed by atoms with E-state index in [4.69, 9.17) is 0 Å². The fourth-order valence-corrected chi connectivity index (χ4v) is 2.94. The minimum Gasteiger partial charge on any atom is -0.505 e. The molecule has 0 amide bonds. The smallest absolute Gasteiger partial charge is 0.186 e. The van der Waals surface area contributed by atoms with Gasteiger partial charge < -0.3 is 10.4 Å². The van der Waals surface area contributed by atoms with Crippen molar-refractivity contribution in [2.45, 2.75) is 6.54 Å². The minimum absolute atomic E-state index is 0.358. The lowest BCUT2D eigenvalue weighted by molar-refractivity contribution is 0.432. The number of aromatic nitrogens is 4. The molecule has 4 aromatic rings. The Kier molecular flexibility index (Phi) is 3.58. The maximum atomic E-state index is 13.4. The first-order valence-corrected chi connectivity index (χ1v) is 8.11. The van der Waals surface area contributed by atoms with Gasteiger partial charge in [0.1, 0.15) is 5.82 Å². The first-order valence-electron chi connectivity index (χ1n) is 7.17. The number of hydrogen-bond acceptors (Lipinski definition) is 6. The fourth-order valence-electron chi connectivity index (χ4n) is 2.31. The van der Waals surface area contributed by atoms with Crippen molar-refractivity contribution < 1.29 is 9.50 Å². The van der Waals surface area contributed by atoms with E-state index in [2.05, 4.69) is 20.6 Å². The maximum Gasteiger partial charge on any atom is 0.186 e. The SMILES string of the molecule is Oc1ccc(CNc2ccc3nnc(-c4ccsc4)n3n2)cc1F. The highest BCUT2D eigenvalue weighted by molar-refractivity contribution is 7.08. The van der Waals surface area contributed by atoms with Crippen LogP contribution < -0.4 is 5.32 Å². The lowest BCUT2D eigenvalue weighted by atomic mass is 10.2. The molecular weight excluding hydrogens is 329 g/mol. The molecule has 0 aliphatic heterocycles. The molecule has 8 heteroatoms. The summed E-state index contributed by atoms with van der Waals surface area (Å²) in [6, 6.07) is 9.84. The van der Waals surface area contributed by atoms with Crippen LogP contribution in [0.1, 0.15) is 5.56 Å². The Balaban J connectivity index is 1.60. The van der Waals surface area contributed by atoms with Gasteiger partial charge >= 0.3 is 0 Å². The number of fused-ring (bicyclic) bond motifs is 1. The van der Waals surface area contributed by atoms with Crippen LogP contribution in [0.2, 0.25) is 0 Å². The predicted molar refractivity (Wildman–Crippen MR) is 89.5 cm³/mol. The summed E-state index contributed by atoms with van der Waals surface area (Å²) in [4.78, 5) is 0. The molecule has 2 N–H and O–H groups in total. The Hall–Kier alpha value is -3.00. The molecule has 0 fully saturated rings. The van der Waals surface area contributed by atoms with E-state index >= 15 is 0 Å². The summed E-state index contributed by atoms with van der Waals surface area (Å²) in [7, 11) is 0. The lowest BCUT2D eigenvalue weighted by Gasteiger charge is -2.07. The van der Waals surface area contributed by atoms with Gasteiger partial charge in [0.2, 0.25) is 0 Å². The molecule has 0 saturated heterocycles. The summed E-state index contributed by atoms with van der Waals surface area (Å²) in [5, 5.41) is 29.1. The Bertz CT molecular complexity index is 999. The van der Waals surface area contributed by atoms with Crippen molar-refractivity contribution >= 4 is 22.8 Å². The number of hydrogen-bond donors (Lipinski definition) is 2. The zero-order valence-corrected chi connectivity index (χ0v) is 13.2. The average molecular weight is 341 g/mol. The van der Waals surface area contributed by atoms with Crippen molar-refractivity contribution in [2.75, 3.05) is 5.32 Å². The summed E-state index contributed by atoms with van der Waals surface area (Å²) < 4.78 is 15.0. The van der Waals surface area contributed by atoms with Gasteiger partial charge in [0.15, 0.2) is 23.0 Å². The van der Waals surface area contributed by atoms with Crippen molar-refractivity contribution in [1.82, 2.24) is 19.8 Å². The molecule has 0 bridgehead atoms. The van der Waals surface area contributed by atoms with Crippen LogP contribution in [0, 0.1) is 5.82 Å². The van der Waals surface area contributed by atoms with Gasteiger partial charge in [-0.3, -0.25) is 0 Å². The van der Waals surface area contributed by atoms with Crippen LogP contribution in [0.15, 0.2) is 47.2 Å². The van der Waals surface area contributed by atoms with Gasteiger partial charge in [0, 0.05) is 17.5 Å². The molecule has 0 spiro atoms. The van der Waals surface area contributed by atoms with E-state index < -0.39 is 5.82 Å². The summed E-state index contributed by atoms with van der Waals surface area (Å²) in [5.41, 5.74) is 2.31. The molecule has 4 rings (SSSR count). The zero-order valence-electron chi connectivity index (χ0n) is 12.3. The third-order valence-electron chi connectivity index (χ3n) is 3.53. The topological polar surface area (TPSA) is 75.3 Å². The van der Waals surface area contributed by atoms with Gasteiger partial charge in [0.25, 0.3) is 0 Å². The highest BCUT2D eigenvalue weighted by Crippen LogP contribution is 2.21. The van der Waals surface area contributed by atoms with Crippen LogP contribution in [0.5, 0.6) is 5.75 Å². The Morgan fingerprint density at radius 1 is 1.17 bits per heavy atom. The van der Waals surface area contributed by atoms with Crippen molar-refractivity contribution in [3.05, 3.63) is 58.5 Å². The van der Waals surface area contributed by atoms with Crippen LogP contribution in [-0.4, -0.2) is 24.9 Å². The second-order valence-corrected chi connectivity index (χ2v) is 5.94. The van der Waals surface area contributed by atoms with Crippen LogP contribution in [0.25, 0.3) is 17.0 Å². The fraction of sp³-hybridized carbons (Fsp3) is 0.0625. The molecule has 0 aliphatic rings. The predicted octanol–water partition coefficient (Wildman–Crippen LogP) is 3.31. The first kappa shape index (κ1) is 14.6. The van der Waals surface area contributed by atoms with E-state index in [1.54, 1.807) is 28.0 Å². The number of nitrogens with one attached hydrogen (secondary N) is 1. The Labute approximate surface area is 140 Å². The molecule has 120 valence electrons. The molecule has 6 nitrogen and oxygen atoms in total. The van der Waals surface area contributed by atoms with Crippen LogP contribution in [0.4, 0.5) is 10.2 Å². The third kappa shape index (κ3) is 2.67. The summed E-state index contributed by atoms with van der Waals surface area (Å²) in [6.45, 7) is 0.381. The first-order chi connectivity index (χ1) is 11.7. The van der Waals surface area contributed by atoms with Crippen molar-refractivity contribution in [1.29, 1.82) is 0 Å². The standard InChI is InChI=1S/C16H12FN5OS/c17-12-7-10(1-2-13(12)23)8-18-14-3-4-15-19-20-16(22(15)21-14)11-5-6-24-9-11/h1-7,9,23H,8H2,(H,18,21). The molecule has 3 aromatic heterocycles. The zero-order chi connectivity index (χ0) is 16.5. The molecule has 0 atom stereocenters. The van der Waals surface area contributed by atoms with E-state index in [9.17, 15) is 9.50 Å². The van der Waals surface area contributed by atoms with E-state index in [1.165, 1.54) is 12.1 Å². The summed E-state index contributed by atoms with van der Waals surface area (Å²) in [6.07, 6.45) is 0. The summed E-state index contributed by atoms with van der Waals surface area (Å²) in [5.74, 6) is 0.289. The number of phenols is 1. The van der Waals surface area contributed by atoms with Crippen LogP contribution >= 0.6 is 11.3 Å². The number of halogens is 1. The number of anilines is 1. The molecule has 0 unspecified atom stereocenters.